The maximum Gasteiger partial charge on any atom is 0.220 e. The summed E-state index contributed by atoms with van der Waals surface area (Å²) in [6.07, 6.45) is 0.411. The van der Waals surface area contributed by atoms with Crippen LogP contribution in [0.1, 0.15) is 28.2 Å². The van der Waals surface area contributed by atoms with Crippen LogP contribution in [0, 0.1) is 0 Å². The minimum absolute atomic E-state index is 0.0132. The molecule has 3 rings (SSSR count). The number of nitrogens with one attached hydrogen (secondary N) is 1. The highest BCUT2D eigenvalue weighted by Gasteiger charge is 2.10. The molecule has 23 heavy (non-hydrogen) atoms. The van der Waals surface area contributed by atoms with Crippen LogP contribution in [0.15, 0.2) is 54.6 Å². The molecule has 0 saturated heterocycles. The number of hydrogen-bond donors (Lipinski definition) is 1. The normalized spacial score (nSPS) is 10.6. The quantitative estimate of drug-likeness (QED) is 0.705. The monoisotopic (exact) mass is 324 g/mol. The van der Waals surface area contributed by atoms with Gasteiger partial charge in [0.05, 0.1) is 16.8 Å². The molecule has 1 amide bonds. The van der Waals surface area contributed by atoms with Crippen LogP contribution in [0.25, 0.3) is 10.2 Å². The molecule has 2 aromatic carbocycles. The molecule has 0 atom stereocenters. The number of para-hydroxylation sites is 1. The molecule has 3 aromatic rings. The van der Waals surface area contributed by atoms with Gasteiger partial charge in [-0.05, 0) is 12.1 Å². The van der Waals surface area contributed by atoms with Gasteiger partial charge in [0.25, 0.3) is 0 Å². The maximum atomic E-state index is 12.0. The number of hydrogen-bond acceptors (Lipinski definition) is 4. The van der Waals surface area contributed by atoms with E-state index in [1.807, 2.05) is 42.5 Å². The van der Waals surface area contributed by atoms with Crippen LogP contribution in [0.5, 0.6) is 0 Å². The molecular weight excluding hydrogens is 308 g/mol. The van der Waals surface area contributed by atoms with Gasteiger partial charge in [0.1, 0.15) is 5.01 Å². The molecule has 4 nitrogen and oxygen atoms in total. The molecule has 0 saturated carbocycles. The van der Waals surface area contributed by atoms with Crippen LogP contribution in [-0.4, -0.2) is 16.7 Å². The summed E-state index contributed by atoms with van der Waals surface area (Å²) >= 11 is 1.57. The number of fused-ring (bicyclic) bond motifs is 1. The second kappa shape index (κ2) is 7.15. The summed E-state index contributed by atoms with van der Waals surface area (Å²) in [5.41, 5.74) is 1.59. The third kappa shape index (κ3) is 4.02. The molecular formula is C18H16N2O2S. The zero-order chi connectivity index (χ0) is 16.1. The van der Waals surface area contributed by atoms with Crippen molar-refractivity contribution in [3.8, 4) is 0 Å². The standard InChI is InChI=1S/C18H16N2O2S/c21-15(13-6-2-1-3-7-13)10-11-17(22)19-12-18-20-14-8-4-5-9-16(14)23-18/h1-9H,10-12H2,(H,19,22). The Kier molecular flexibility index (Phi) is 4.78. The molecule has 1 aromatic heterocycles. The molecule has 5 heteroatoms. The molecule has 0 bridgehead atoms. The van der Waals surface area contributed by atoms with Crippen molar-refractivity contribution in [2.75, 3.05) is 0 Å². The van der Waals surface area contributed by atoms with E-state index in [9.17, 15) is 9.59 Å². The Hall–Kier alpha value is -2.53. The number of carbonyl (C=O) groups is 2. The lowest BCUT2D eigenvalue weighted by Crippen LogP contribution is -2.23. The minimum Gasteiger partial charge on any atom is -0.350 e. The lowest BCUT2D eigenvalue weighted by Gasteiger charge is -2.03. The Morgan fingerprint density at radius 1 is 0.957 bits per heavy atom. The van der Waals surface area contributed by atoms with E-state index in [0.717, 1.165) is 15.2 Å². The van der Waals surface area contributed by atoms with Crippen LogP contribution < -0.4 is 5.32 Å². The molecule has 0 aliphatic rings. The summed E-state index contributed by atoms with van der Waals surface area (Å²) in [5, 5.41) is 3.69. The maximum absolute atomic E-state index is 12.0. The van der Waals surface area contributed by atoms with Crippen LogP contribution in [0.4, 0.5) is 0 Å². The molecule has 1 N–H and O–H groups in total. The van der Waals surface area contributed by atoms with Crippen LogP contribution in [0.3, 0.4) is 0 Å². The largest absolute Gasteiger partial charge is 0.350 e. The van der Waals surface area contributed by atoms with E-state index in [4.69, 9.17) is 0 Å². The fraction of sp³-hybridized carbons (Fsp3) is 0.167. The van der Waals surface area contributed by atoms with Gasteiger partial charge in [0, 0.05) is 18.4 Å². The third-order valence-corrected chi connectivity index (χ3v) is 4.49. The summed E-state index contributed by atoms with van der Waals surface area (Å²) < 4.78 is 1.11. The van der Waals surface area contributed by atoms with Crippen molar-refractivity contribution >= 4 is 33.2 Å². The molecule has 1 heterocycles. The van der Waals surface area contributed by atoms with Crippen molar-refractivity contribution < 1.29 is 9.59 Å². The number of nitrogens with zero attached hydrogens (tertiary/aromatic N) is 1. The molecule has 0 spiro atoms. The Morgan fingerprint density at radius 2 is 1.70 bits per heavy atom. The Morgan fingerprint density at radius 3 is 2.48 bits per heavy atom. The molecule has 0 aliphatic carbocycles. The van der Waals surface area contributed by atoms with E-state index in [0.29, 0.717) is 12.1 Å². The summed E-state index contributed by atoms with van der Waals surface area (Å²) in [7, 11) is 0. The van der Waals surface area contributed by atoms with Gasteiger partial charge in [-0.25, -0.2) is 4.98 Å². The van der Waals surface area contributed by atoms with Crippen molar-refractivity contribution in [2.24, 2.45) is 0 Å². The van der Waals surface area contributed by atoms with Gasteiger partial charge in [0.2, 0.25) is 5.91 Å². The summed E-state index contributed by atoms with van der Waals surface area (Å²) in [4.78, 5) is 28.3. The number of thiazole rings is 1. The minimum atomic E-state index is -0.131. The van der Waals surface area contributed by atoms with Crippen molar-refractivity contribution in [3.05, 3.63) is 65.2 Å². The first kappa shape index (κ1) is 15.4. The SMILES string of the molecule is O=C(CCC(=O)c1ccccc1)NCc1nc2ccccc2s1. The first-order valence-corrected chi connectivity index (χ1v) is 8.23. The van der Waals surface area contributed by atoms with E-state index >= 15 is 0 Å². The Bertz CT molecular complexity index is 794. The zero-order valence-corrected chi connectivity index (χ0v) is 13.3. The molecule has 0 radical (unpaired) electrons. The van der Waals surface area contributed by atoms with E-state index in [1.165, 1.54) is 0 Å². The van der Waals surface area contributed by atoms with Gasteiger partial charge in [-0.15, -0.1) is 11.3 Å². The number of ketones is 1. The lowest BCUT2D eigenvalue weighted by molar-refractivity contribution is -0.121. The smallest absolute Gasteiger partial charge is 0.220 e. The summed E-state index contributed by atoms with van der Waals surface area (Å²) in [6.45, 7) is 0.401. The topological polar surface area (TPSA) is 59.1 Å². The number of amides is 1. The fourth-order valence-electron chi connectivity index (χ4n) is 2.25. The first-order valence-electron chi connectivity index (χ1n) is 7.42. The average molecular weight is 324 g/mol. The van der Waals surface area contributed by atoms with Crippen molar-refractivity contribution in [1.29, 1.82) is 0 Å². The van der Waals surface area contributed by atoms with Gasteiger partial charge in [0.15, 0.2) is 5.78 Å². The third-order valence-electron chi connectivity index (χ3n) is 3.45. The average Bonchev–Trinajstić information content (AvgIpc) is 3.01. The van der Waals surface area contributed by atoms with Gasteiger partial charge in [-0.3, -0.25) is 9.59 Å². The number of Topliss-reactive ketones (excluding diaryl/α,β-unsaturated/α-hetero) is 1. The summed E-state index contributed by atoms with van der Waals surface area (Å²) in [5.74, 6) is -0.144. The number of aromatic nitrogens is 1. The lowest BCUT2D eigenvalue weighted by atomic mass is 10.1. The Labute approximate surface area is 138 Å². The van der Waals surface area contributed by atoms with Crippen LogP contribution in [-0.2, 0) is 11.3 Å². The van der Waals surface area contributed by atoms with Gasteiger partial charge in [-0.1, -0.05) is 42.5 Å². The predicted molar refractivity (Wildman–Crippen MR) is 91.5 cm³/mol. The number of rotatable bonds is 6. The van der Waals surface area contributed by atoms with Crippen LogP contribution >= 0.6 is 11.3 Å². The van der Waals surface area contributed by atoms with Crippen LogP contribution in [0.2, 0.25) is 0 Å². The van der Waals surface area contributed by atoms with Crippen molar-refractivity contribution in [2.45, 2.75) is 19.4 Å². The number of benzene rings is 2. The van der Waals surface area contributed by atoms with E-state index in [-0.39, 0.29) is 24.5 Å². The first-order chi connectivity index (χ1) is 11.2. The van der Waals surface area contributed by atoms with E-state index in [1.54, 1.807) is 23.5 Å². The van der Waals surface area contributed by atoms with Gasteiger partial charge >= 0.3 is 0 Å². The second-order valence-electron chi connectivity index (χ2n) is 5.14. The predicted octanol–water partition coefficient (Wildman–Crippen LogP) is 3.58. The second-order valence-corrected chi connectivity index (χ2v) is 6.26. The van der Waals surface area contributed by atoms with Gasteiger partial charge in [-0.2, -0.15) is 0 Å². The highest BCUT2D eigenvalue weighted by molar-refractivity contribution is 7.18. The number of carbonyl (C=O) groups excluding carboxylic acids is 2. The highest BCUT2D eigenvalue weighted by atomic mass is 32.1. The fourth-order valence-corrected chi connectivity index (χ4v) is 3.16. The Balaban J connectivity index is 1.49. The molecule has 0 unspecified atom stereocenters. The highest BCUT2D eigenvalue weighted by Crippen LogP contribution is 2.21. The van der Waals surface area contributed by atoms with E-state index < -0.39 is 0 Å². The molecule has 0 fully saturated rings. The molecule has 0 aliphatic heterocycles. The molecule has 116 valence electrons. The van der Waals surface area contributed by atoms with Crippen molar-refractivity contribution in [3.63, 3.8) is 0 Å². The summed E-state index contributed by atoms with van der Waals surface area (Å²) in [6, 6.07) is 16.9. The van der Waals surface area contributed by atoms with E-state index in [2.05, 4.69) is 10.3 Å². The van der Waals surface area contributed by atoms with Crippen molar-refractivity contribution in [1.82, 2.24) is 10.3 Å². The zero-order valence-electron chi connectivity index (χ0n) is 12.5. The van der Waals surface area contributed by atoms with Gasteiger partial charge < -0.3 is 5.32 Å².